The molecule has 0 saturated carbocycles. The topological polar surface area (TPSA) is 93.7 Å². The Hall–Kier alpha value is -3.35. The average Bonchev–Trinajstić information content (AvgIpc) is 2.72. The molecule has 31 heavy (non-hydrogen) atoms. The quantitative estimate of drug-likeness (QED) is 0.628. The first-order valence-corrected chi connectivity index (χ1v) is 10.2. The first kappa shape index (κ1) is 23.9. The number of anilines is 1. The molecule has 0 bridgehead atoms. The molecule has 7 nitrogen and oxygen atoms in total. The molecule has 1 atom stereocenters. The first-order chi connectivity index (χ1) is 14.6. The molecule has 0 saturated heterocycles. The van der Waals surface area contributed by atoms with Gasteiger partial charge in [0.15, 0.2) is 6.61 Å². The van der Waals surface area contributed by atoms with Crippen LogP contribution in [0.4, 0.5) is 5.69 Å². The lowest BCUT2D eigenvalue weighted by Gasteiger charge is -2.19. The molecular formula is C24H30N2O5. The van der Waals surface area contributed by atoms with Crippen LogP contribution in [0.1, 0.15) is 50.5 Å². The summed E-state index contributed by atoms with van der Waals surface area (Å²) in [5.41, 5.74) is 2.10. The summed E-state index contributed by atoms with van der Waals surface area (Å²) in [4.78, 5) is 36.4. The Balaban J connectivity index is 1.92. The predicted molar refractivity (Wildman–Crippen MR) is 119 cm³/mol. The van der Waals surface area contributed by atoms with Gasteiger partial charge in [-0.25, -0.2) is 4.79 Å². The van der Waals surface area contributed by atoms with Gasteiger partial charge in [-0.05, 0) is 49.1 Å². The summed E-state index contributed by atoms with van der Waals surface area (Å²) in [6, 6.07) is 13.2. The Morgan fingerprint density at radius 1 is 1.03 bits per heavy atom. The van der Waals surface area contributed by atoms with Gasteiger partial charge in [-0.2, -0.15) is 0 Å². The molecule has 2 aromatic rings. The molecular weight excluding hydrogens is 396 g/mol. The fourth-order valence-electron chi connectivity index (χ4n) is 2.73. The number of benzene rings is 2. The van der Waals surface area contributed by atoms with Crippen LogP contribution in [0.3, 0.4) is 0 Å². The van der Waals surface area contributed by atoms with Crippen LogP contribution in [-0.2, 0) is 19.7 Å². The van der Waals surface area contributed by atoms with Gasteiger partial charge in [-0.1, -0.05) is 39.0 Å². The van der Waals surface area contributed by atoms with Gasteiger partial charge in [0.05, 0.1) is 6.61 Å². The molecule has 0 radical (unpaired) electrons. The minimum Gasteiger partial charge on any atom is -0.482 e. The van der Waals surface area contributed by atoms with E-state index in [9.17, 15) is 14.4 Å². The third-order valence-corrected chi connectivity index (χ3v) is 4.52. The van der Waals surface area contributed by atoms with E-state index in [0.717, 1.165) is 5.56 Å². The maximum Gasteiger partial charge on any atom is 0.344 e. The molecule has 0 fully saturated rings. The molecule has 0 heterocycles. The van der Waals surface area contributed by atoms with Crippen molar-refractivity contribution >= 4 is 23.5 Å². The molecule has 7 heteroatoms. The summed E-state index contributed by atoms with van der Waals surface area (Å²) < 4.78 is 10.2. The lowest BCUT2D eigenvalue weighted by atomic mass is 9.86. The van der Waals surface area contributed by atoms with Crippen LogP contribution in [0.15, 0.2) is 48.5 Å². The van der Waals surface area contributed by atoms with E-state index >= 15 is 0 Å². The van der Waals surface area contributed by atoms with E-state index in [2.05, 4.69) is 31.4 Å². The second-order valence-corrected chi connectivity index (χ2v) is 8.13. The summed E-state index contributed by atoms with van der Waals surface area (Å²) >= 11 is 0. The van der Waals surface area contributed by atoms with Crippen LogP contribution >= 0.6 is 0 Å². The van der Waals surface area contributed by atoms with Crippen LogP contribution in [0.2, 0.25) is 0 Å². The Bertz CT molecular complexity index is 916. The maximum absolute atomic E-state index is 12.5. The van der Waals surface area contributed by atoms with Crippen molar-refractivity contribution in [3.05, 3.63) is 59.7 Å². The minimum absolute atomic E-state index is 0.00323. The van der Waals surface area contributed by atoms with Crippen molar-refractivity contribution in [2.45, 2.75) is 46.1 Å². The zero-order valence-corrected chi connectivity index (χ0v) is 18.7. The molecule has 0 aromatic heterocycles. The van der Waals surface area contributed by atoms with E-state index in [1.807, 2.05) is 12.1 Å². The van der Waals surface area contributed by atoms with Crippen molar-refractivity contribution in [2.75, 3.05) is 18.5 Å². The molecule has 0 aliphatic rings. The molecule has 0 spiro atoms. The number of rotatable bonds is 8. The lowest BCUT2D eigenvalue weighted by Crippen LogP contribution is -2.41. The van der Waals surface area contributed by atoms with Crippen molar-refractivity contribution in [1.29, 1.82) is 0 Å². The van der Waals surface area contributed by atoms with Gasteiger partial charge in [0, 0.05) is 17.3 Å². The Labute approximate surface area is 183 Å². The molecule has 166 valence electrons. The Morgan fingerprint density at radius 3 is 2.32 bits per heavy atom. The third kappa shape index (κ3) is 7.44. The van der Waals surface area contributed by atoms with Crippen LogP contribution < -0.4 is 15.4 Å². The number of nitrogens with one attached hydrogen (secondary N) is 2. The van der Waals surface area contributed by atoms with E-state index in [1.165, 1.54) is 0 Å². The van der Waals surface area contributed by atoms with E-state index in [-0.39, 0.29) is 30.4 Å². The molecule has 2 rings (SSSR count). The highest BCUT2D eigenvalue weighted by Crippen LogP contribution is 2.22. The molecule has 2 amide bonds. The van der Waals surface area contributed by atoms with Gasteiger partial charge < -0.3 is 20.1 Å². The lowest BCUT2D eigenvalue weighted by molar-refractivity contribution is -0.145. The normalized spacial score (nSPS) is 11.9. The molecule has 2 N–H and O–H groups in total. The monoisotopic (exact) mass is 426 g/mol. The van der Waals surface area contributed by atoms with Crippen LogP contribution in [0.25, 0.3) is 0 Å². The van der Waals surface area contributed by atoms with Gasteiger partial charge in [-0.3, -0.25) is 9.59 Å². The average molecular weight is 427 g/mol. The van der Waals surface area contributed by atoms with Crippen molar-refractivity contribution in [1.82, 2.24) is 5.32 Å². The van der Waals surface area contributed by atoms with E-state index in [0.29, 0.717) is 17.0 Å². The first-order valence-electron chi connectivity index (χ1n) is 10.2. The van der Waals surface area contributed by atoms with Crippen molar-refractivity contribution in [3.63, 3.8) is 0 Å². The molecule has 0 aliphatic carbocycles. The number of hydrogen-bond acceptors (Lipinski definition) is 5. The number of carbonyl (C=O) groups is 3. The largest absolute Gasteiger partial charge is 0.482 e. The van der Waals surface area contributed by atoms with Crippen molar-refractivity contribution in [3.8, 4) is 5.75 Å². The van der Waals surface area contributed by atoms with Crippen LogP contribution in [0.5, 0.6) is 5.75 Å². The Morgan fingerprint density at radius 2 is 1.71 bits per heavy atom. The number of ether oxygens (including phenoxy) is 2. The third-order valence-electron chi connectivity index (χ3n) is 4.52. The number of esters is 1. The van der Waals surface area contributed by atoms with Gasteiger partial charge in [0.25, 0.3) is 5.91 Å². The zero-order chi connectivity index (χ0) is 23.0. The minimum atomic E-state index is -0.751. The van der Waals surface area contributed by atoms with Crippen LogP contribution in [0, 0.1) is 0 Å². The maximum atomic E-state index is 12.5. The highest BCUT2D eigenvalue weighted by Gasteiger charge is 2.18. The van der Waals surface area contributed by atoms with E-state index in [1.54, 1.807) is 50.2 Å². The van der Waals surface area contributed by atoms with Gasteiger partial charge in [0.2, 0.25) is 5.91 Å². The summed E-state index contributed by atoms with van der Waals surface area (Å²) in [6.45, 7) is 9.70. The SMILES string of the molecule is CCOC(=O)COc1cccc(NC(=O)C(C)NC(=O)c2ccc(C(C)(C)C)cc2)c1. The fraction of sp³-hybridized carbons (Fsp3) is 0.375. The highest BCUT2D eigenvalue weighted by molar-refractivity contribution is 6.01. The second-order valence-electron chi connectivity index (χ2n) is 8.13. The number of hydrogen-bond donors (Lipinski definition) is 2. The van der Waals surface area contributed by atoms with Gasteiger partial charge >= 0.3 is 5.97 Å². The number of amides is 2. The molecule has 2 aromatic carbocycles. The standard InChI is InChI=1S/C24H30N2O5/c1-6-30-21(27)15-31-20-9-7-8-19(14-20)26-22(28)16(2)25-23(29)17-10-12-18(13-11-17)24(3,4)5/h7-14,16H,6,15H2,1-5H3,(H,25,29)(H,26,28). The second kappa shape index (κ2) is 10.6. The van der Waals surface area contributed by atoms with E-state index < -0.39 is 12.0 Å². The predicted octanol–water partition coefficient (Wildman–Crippen LogP) is 3.68. The summed E-state index contributed by atoms with van der Waals surface area (Å²) in [5.74, 6) is -0.748. The van der Waals surface area contributed by atoms with Crippen molar-refractivity contribution < 1.29 is 23.9 Å². The molecule has 0 aliphatic heterocycles. The smallest absolute Gasteiger partial charge is 0.344 e. The Kier molecular flexibility index (Phi) is 8.19. The summed E-state index contributed by atoms with van der Waals surface area (Å²) in [7, 11) is 0. The van der Waals surface area contributed by atoms with Crippen molar-refractivity contribution in [2.24, 2.45) is 0 Å². The summed E-state index contributed by atoms with van der Waals surface area (Å²) in [6.07, 6.45) is 0. The summed E-state index contributed by atoms with van der Waals surface area (Å²) in [5, 5.41) is 5.43. The van der Waals surface area contributed by atoms with Gasteiger partial charge in [-0.15, -0.1) is 0 Å². The fourth-order valence-corrected chi connectivity index (χ4v) is 2.73. The van der Waals surface area contributed by atoms with Crippen LogP contribution in [-0.4, -0.2) is 37.0 Å². The zero-order valence-electron chi connectivity index (χ0n) is 18.7. The van der Waals surface area contributed by atoms with E-state index in [4.69, 9.17) is 9.47 Å². The highest BCUT2D eigenvalue weighted by atomic mass is 16.6. The number of carbonyl (C=O) groups excluding carboxylic acids is 3. The molecule has 1 unspecified atom stereocenters. The van der Waals surface area contributed by atoms with Gasteiger partial charge in [0.1, 0.15) is 11.8 Å².